The van der Waals surface area contributed by atoms with Gasteiger partial charge in [0.05, 0.1) is 12.2 Å². The van der Waals surface area contributed by atoms with Gasteiger partial charge in [-0.1, -0.05) is 0 Å². The summed E-state index contributed by atoms with van der Waals surface area (Å²) in [6.45, 7) is 1.43. The maximum absolute atomic E-state index is 13.0. The molecular weight excluding hydrogens is 277 g/mol. The predicted octanol–water partition coefficient (Wildman–Crippen LogP) is 1.91. The highest BCUT2D eigenvalue weighted by molar-refractivity contribution is 5.98. The number of rotatable bonds is 3. The number of alkyl halides is 3. The van der Waals surface area contributed by atoms with E-state index in [0.29, 0.717) is 0 Å². The van der Waals surface area contributed by atoms with E-state index in [9.17, 15) is 18.0 Å². The van der Waals surface area contributed by atoms with Crippen LogP contribution in [0.1, 0.15) is 18.1 Å². The van der Waals surface area contributed by atoms with Crippen LogP contribution in [0.2, 0.25) is 0 Å². The molecule has 0 aliphatic carbocycles. The van der Waals surface area contributed by atoms with Crippen LogP contribution in [0.25, 0.3) is 0 Å². The van der Waals surface area contributed by atoms with E-state index in [1.165, 1.54) is 12.1 Å². The Bertz CT molecular complexity index is 555. The highest BCUT2D eigenvalue weighted by Crippen LogP contribution is 2.37. The summed E-state index contributed by atoms with van der Waals surface area (Å²) >= 11 is 0. The van der Waals surface area contributed by atoms with E-state index in [2.05, 4.69) is 10.5 Å². The Morgan fingerprint density at radius 1 is 1.45 bits per heavy atom. The molecule has 2 rings (SSSR count). The van der Waals surface area contributed by atoms with E-state index in [1.54, 1.807) is 6.92 Å². The summed E-state index contributed by atoms with van der Waals surface area (Å²) in [5, 5.41) is 3.57. The first-order valence-electron chi connectivity index (χ1n) is 5.75. The van der Waals surface area contributed by atoms with Crippen LogP contribution in [0, 0.1) is 0 Å². The van der Waals surface area contributed by atoms with Crippen molar-refractivity contribution in [1.29, 1.82) is 0 Å². The third-order valence-electron chi connectivity index (χ3n) is 2.45. The van der Waals surface area contributed by atoms with Gasteiger partial charge in [-0.3, -0.25) is 4.79 Å². The van der Waals surface area contributed by atoms with Crippen LogP contribution < -0.4 is 10.2 Å². The fraction of sp³-hybridized carbons (Fsp3) is 0.333. The topological polar surface area (TPSA) is 59.9 Å². The Morgan fingerprint density at radius 2 is 2.20 bits per heavy atom. The molecule has 1 aromatic carbocycles. The number of amides is 1. The molecule has 1 aromatic rings. The van der Waals surface area contributed by atoms with Gasteiger partial charge in [0, 0.05) is 5.56 Å². The molecule has 0 spiro atoms. The van der Waals surface area contributed by atoms with Crippen molar-refractivity contribution in [2.75, 3.05) is 13.2 Å². The number of hydrogen-bond donors (Lipinski definition) is 1. The molecule has 0 saturated heterocycles. The molecule has 0 unspecified atom stereocenters. The van der Waals surface area contributed by atoms with Crippen LogP contribution in [0.15, 0.2) is 23.3 Å². The maximum Gasteiger partial charge on any atom is 0.419 e. The SMILES string of the molecule is CCOc1ccc(C2=NNC(=O)CO2)cc1C(F)(F)F. The van der Waals surface area contributed by atoms with Gasteiger partial charge >= 0.3 is 6.18 Å². The second kappa shape index (κ2) is 5.40. The molecule has 0 fully saturated rings. The first kappa shape index (κ1) is 14.2. The lowest BCUT2D eigenvalue weighted by molar-refractivity contribution is -0.139. The van der Waals surface area contributed by atoms with E-state index < -0.39 is 17.6 Å². The zero-order chi connectivity index (χ0) is 14.8. The second-order valence-corrected chi connectivity index (χ2v) is 3.88. The monoisotopic (exact) mass is 288 g/mol. The zero-order valence-corrected chi connectivity index (χ0v) is 10.5. The summed E-state index contributed by atoms with van der Waals surface area (Å²) in [6, 6.07) is 3.46. The van der Waals surface area contributed by atoms with Crippen LogP contribution in [-0.4, -0.2) is 25.0 Å². The van der Waals surface area contributed by atoms with Crippen molar-refractivity contribution in [3.8, 4) is 5.75 Å². The fourth-order valence-electron chi connectivity index (χ4n) is 1.63. The molecule has 0 bridgehead atoms. The summed E-state index contributed by atoms with van der Waals surface area (Å²) in [4.78, 5) is 10.9. The third kappa shape index (κ3) is 3.01. The van der Waals surface area contributed by atoms with Gasteiger partial charge in [0.1, 0.15) is 5.75 Å². The second-order valence-electron chi connectivity index (χ2n) is 3.88. The molecule has 0 aromatic heterocycles. The number of hydrogen-bond acceptors (Lipinski definition) is 4. The van der Waals surface area contributed by atoms with Gasteiger partial charge in [0.15, 0.2) is 6.61 Å². The highest BCUT2D eigenvalue weighted by Gasteiger charge is 2.35. The van der Waals surface area contributed by atoms with Crippen LogP contribution in [0.5, 0.6) is 5.75 Å². The number of nitrogens with zero attached hydrogens (tertiary/aromatic N) is 1. The van der Waals surface area contributed by atoms with Gasteiger partial charge in [-0.15, -0.1) is 5.10 Å². The average Bonchev–Trinajstić information content (AvgIpc) is 2.39. The summed E-state index contributed by atoms with van der Waals surface area (Å²) in [5.41, 5.74) is 1.34. The van der Waals surface area contributed by atoms with Crippen LogP contribution in [-0.2, 0) is 15.7 Å². The summed E-state index contributed by atoms with van der Waals surface area (Å²) in [5.74, 6) is -0.793. The van der Waals surface area contributed by atoms with Crippen LogP contribution >= 0.6 is 0 Å². The lowest BCUT2D eigenvalue weighted by Gasteiger charge is -2.17. The number of carbonyl (C=O) groups excluding carboxylic acids is 1. The molecule has 1 aliphatic heterocycles. The van der Waals surface area contributed by atoms with E-state index >= 15 is 0 Å². The van der Waals surface area contributed by atoms with Gasteiger partial charge in [0.2, 0.25) is 5.90 Å². The Labute approximate surface area is 112 Å². The molecule has 0 radical (unpaired) electrons. The minimum absolute atomic E-state index is 0.0712. The van der Waals surface area contributed by atoms with E-state index in [4.69, 9.17) is 9.47 Å². The largest absolute Gasteiger partial charge is 0.493 e. The van der Waals surface area contributed by atoms with Gasteiger partial charge in [-0.05, 0) is 25.1 Å². The van der Waals surface area contributed by atoms with Crippen molar-refractivity contribution in [3.63, 3.8) is 0 Å². The van der Waals surface area contributed by atoms with E-state index in [0.717, 1.165) is 6.07 Å². The summed E-state index contributed by atoms with van der Waals surface area (Å²) in [6.07, 6.45) is -4.56. The molecule has 1 heterocycles. The minimum Gasteiger partial charge on any atom is -0.493 e. The molecular formula is C12H11F3N2O3. The number of benzene rings is 1. The van der Waals surface area contributed by atoms with E-state index in [1.807, 2.05) is 0 Å². The Balaban J connectivity index is 2.39. The van der Waals surface area contributed by atoms with Gasteiger partial charge in [-0.25, -0.2) is 5.43 Å². The quantitative estimate of drug-likeness (QED) is 0.924. The van der Waals surface area contributed by atoms with Crippen LogP contribution in [0.3, 0.4) is 0 Å². The van der Waals surface area contributed by atoms with Gasteiger partial charge in [0.25, 0.3) is 5.91 Å². The predicted molar refractivity (Wildman–Crippen MR) is 63.2 cm³/mol. The van der Waals surface area contributed by atoms with Crippen molar-refractivity contribution in [2.24, 2.45) is 5.10 Å². The first-order chi connectivity index (χ1) is 9.41. The standard InChI is InChI=1S/C12H11F3N2O3/c1-2-19-9-4-3-7(5-8(9)12(13,14)15)11-17-16-10(18)6-20-11/h3-5H,2,6H2,1H3,(H,16,18). The van der Waals surface area contributed by atoms with Crippen molar-refractivity contribution in [1.82, 2.24) is 5.43 Å². The zero-order valence-electron chi connectivity index (χ0n) is 10.5. The number of halogens is 3. The lowest BCUT2D eigenvalue weighted by Crippen LogP contribution is -2.32. The summed E-state index contributed by atoms with van der Waals surface area (Å²) in [7, 11) is 0. The lowest BCUT2D eigenvalue weighted by atomic mass is 10.1. The Morgan fingerprint density at radius 3 is 2.75 bits per heavy atom. The number of carbonyl (C=O) groups is 1. The highest BCUT2D eigenvalue weighted by atomic mass is 19.4. The maximum atomic E-state index is 13.0. The normalized spacial score (nSPS) is 15.2. The molecule has 0 saturated carbocycles. The molecule has 108 valence electrons. The minimum atomic E-state index is -4.56. The molecule has 8 heteroatoms. The van der Waals surface area contributed by atoms with Crippen molar-refractivity contribution < 1.29 is 27.4 Å². The Kier molecular flexibility index (Phi) is 3.82. The number of hydrazone groups is 1. The molecule has 1 aliphatic rings. The van der Waals surface area contributed by atoms with Crippen LogP contribution in [0.4, 0.5) is 13.2 Å². The number of ether oxygens (including phenoxy) is 2. The summed E-state index contributed by atoms with van der Waals surface area (Å²) < 4.78 is 48.8. The average molecular weight is 288 g/mol. The molecule has 5 nitrogen and oxygen atoms in total. The van der Waals surface area contributed by atoms with Crippen molar-refractivity contribution >= 4 is 11.8 Å². The fourth-order valence-corrected chi connectivity index (χ4v) is 1.63. The van der Waals surface area contributed by atoms with Crippen molar-refractivity contribution in [3.05, 3.63) is 29.3 Å². The smallest absolute Gasteiger partial charge is 0.419 e. The molecule has 0 atom stereocenters. The van der Waals surface area contributed by atoms with E-state index in [-0.39, 0.29) is 30.4 Å². The van der Waals surface area contributed by atoms with Crippen molar-refractivity contribution in [2.45, 2.75) is 13.1 Å². The van der Waals surface area contributed by atoms with Gasteiger partial charge < -0.3 is 9.47 Å². The van der Waals surface area contributed by atoms with Gasteiger partial charge in [-0.2, -0.15) is 13.2 Å². The molecule has 20 heavy (non-hydrogen) atoms. The Hall–Kier alpha value is -2.25. The molecule has 1 N–H and O–H groups in total. The number of nitrogens with one attached hydrogen (secondary N) is 1. The first-order valence-corrected chi connectivity index (χ1v) is 5.75. The molecule has 1 amide bonds. The third-order valence-corrected chi connectivity index (χ3v) is 2.45.